The molecule has 1 heterocycles. The standard InChI is InChI=1S/C17H19Cl2N3O2/c1-12(17(23)21-16-8-7-13(18)11-20-16)22(2)9-10-24-15-6-4-3-5-14(15)19/h3-8,11-12H,9-10H2,1-2H3,(H,20,21,23)/t12-/m1/s1. The average Bonchev–Trinajstić information content (AvgIpc) is 2.57. The van der Waals surface area contributed by atoms with Crippen molar-refractivity contribution in [1.29, 1.82) is 0 Å². The monoisotopic (exact) mass is 367 g/mol. The molecule has 1 amide bonds. The molecule has 0 spiro atoms. The molecule has 0 fully saturated rings. The number of nitrogens with zero attached hydrogens (tertiary/aromatic N) is 2. The van der Waals surface area contributed by atoms with E-state index >= 15 is 0 Å². The molecule has 0 bridgehead atoms. The number of anilines is 1. The Labute approximate surface area is 151 Å². The van der Waals surface area contributed by atoms with Crippen LogP contribution in [0.3, 0.4) is 0 Å². The van der Waals surface area contributed by atoms with Gasteiger partial charge in [0.1, 0.15) is 18.2 Å². The predicted octanol–water partition coefficient (Wildman–Crippen LogP) is 3.73. The van der Waals surface area contributed by atoms with Crippen LogP contribution in [0.1, 0.15) is 6.92 Å². The zero-order chi connectivity index (χ0) is 17.5. The lowest BCUT2D eigenvalue weighted by Crippen LogP contribution is -2.41. The summed E-state index contributed by atoms with van der Waals surface area (Å²) in [5.74, 6) is 0.956. The van der Waals surface area contributed by atoms with Crippen LogP contribution < -0.4 is 10.1 Å². The maximum atomic E-state index is 12.2. The maximum absolute atomic E-state index is 12.2. The summed E-state index contributed by atoms with van der Waals surface area (Å²) < 4.78 is 5.64. The number of hydrogen-bond donors (Lipinski definition) is 1. The third kappa shape index (κ3) is 5.37. The van der Waals surface area contributed by atoms with Crippen LogP contribution in [0.25, 0.3) is 0 Å². The number of halogens is 2. The second kappa shape index (κ2) is 8.87. The number of carbonyl (C=O) groups is 1. The van der Waals surface area contributed by atoms with E-state index in [-0.39, 0.29) is 11.9 Å². The molecule has 0 aliphatic rings. The molecule has 5 nitrogen and oxygen atoms in total. The molecule has 7 heteroatoms. The van der Waals surface area contributed by atoms with Crippen LogP contribution in [-0.2, 0) is 4.79 Å². The van der Waals surface area contributed by atoms with Gasteiger partial charge in [0, 0.05) is 12.7 Å². The number of rotatable bonds is 7. The van der Waals surface area contributed by atoms with Gasteiger partial charge in [-0.3, -0.25) is 9.69 Å². The Hall–Kier alpha value is -1.82. The first-order valence-electron chi connectivity index (χ1n) is 7.47. The highest BCUT2D eigenvalue weighted by Crippen LogP contribution is 2.22. The quantitative estimate of drug-likeness (QED) is 0.809. The number of para-hydroxylation sites is 1. The highest BCUT2D eigenvalue weighted by molar-refractivity contribution is 6.32. The second-order valence-electron chi connectivity index (χ2n) is 5.29. The van der Waals surface area contributed by atoms with E-state index < -0.39 is 0 Å². The van der Waals surface area contributed by atoms with Crippen LogP contribution in [0.4, 0.5) is 5.82 Å². The van der Waals surface area contributed by atoms with Crippen LogP contribution >= 0.6 is 23.2 Å². The van der Waals surface area contributed by atoms with Crippen molar-refractivity contribution in [3.8, 4) is 5.75 Å². The Balaban J connectivity index is 1.80. The number of hydrogen-bond acceptors (Lipinski definition) is 4. The van der Waals surface area contributed by atoms with Gasteiger partial charge in [0.2, 0.25) is 5.91 Å². The van der Waals surface area contributed by atoms with Gasteiger partial charge in [0.05, 0.1) is 16.1 Å². The fourth-order valence-corrected chi connectivity index (χ4v) is 2.24. The predicted molar refractivity (Wildman–Crippen MR) is 96.9 cm³/mol. The normalized spacial score (nSPS) is 12.0. The van der Waals surface area contributed by atoms with Crippen molar-refractivity contribution in [2.75, 3.05) is 25.5 Å². The second-order valence-corrected chi connectivity index (χ2v) is 6.13. The van der Waals surface area contributed by atoms with E-state index in [1.807, 2.05) is 37.1 Å². The molecule has 0 aliphatic heterocycles. The molecule has 0 unspecified atom stereocenters. The largest absolute Gasteiger partial charge is 0.491 e. The first kappa shape index (κ1) is 18.5. The fourth-order valence-electron chi connectivity index (χ4n) is 1.94. The molecule has 0 radical (unpaired) electrons. The van der Waals surface area contributed by atoms with Crippen molar-refractivity contribution in [2.24, 2.45) is 0 Å². The third-order valence-corrected chi connectivity index (χ3v) is 4.09. The molecular weight excluding hydrogens is 349 g/mol. The van der Waals surface area contributed by atoms with Gasteiger partial charge in [-0.15, -0.1) is 0 Å². The summed E-state index contributed by atoms with van der Waals surface area (Å²) in [6.45, 7) is 2.83. The Bertz CT molecular complexity index is 680. The molecule has 2 rings (SSSR count). The minimum absolute atomic E-state index is 0.148. The number of carbonyl (C=O) groups excluding carboxylic acids is 1. The first-order valence-corrected chi connectivity index (χ1v) is 8.23. The number of pyridine rings is 1. The average molecular weight is 368 g/mol. The Morgan fingerprint density at radius 3 is 2.71 bits per heavy atom. The lowest BCUT2D eigenvalue weighted by atomic mass is 10.2. The maximum Gasteiger partial charge on any atom is 0.242 e. The van der Waals surface area contributed by atoms with Crippen LogP contribution in [0.5, 0.6) is 5.75 Å². The molecule has 2 aromatic rings. The molecule has 1 N–H and O–H groups in total. The van der Waals surface area contributed by atoms with E-state index in [1.165, 1.54) is 6.20 Å². The topological polar surface area (TPSA) is 54.5 Å². The molecule has 1 aromatic carbocycles. The molecule has 24 heavy (non-hydrogen) atoms. The summed E-state index contributed by atoms with van der Waals surface area (Å²) in [5.41, 5.74) is 0. The number of nitrogens with one attached hydrogen (secondary N) is 1. The number of ether oxygens (including phenoxy) is 1. The summed E-state index contributed by atoms with van der Waals surface area (Å²) in [6.07, 6.45) is 1.49. The summed E-state index contributed by atoms with van der Waals surface area (Å²) >= 11 is 11.8. The van der Waals surface area contributed by atoms with Gasteiger partial charge in [0.15, 0.2) is 0 Å². The SMILES string of the molecule is C[C@H](C(=O)Nc1ccc(Cl)cn1)N(C)CCOc1ccccc1Cl. The molecule has 0 saturated carbocycles. The highest BCUT2D eigenvalue weighted by Gasteiger charge is 2.18. The summed E-state index contributed by atoms with van der Waals surface area (Å²) in [6, 6.07) is 10.3. The minimum Gasteiger partial charge on any atom is -0.491 e. The number of likely N-dealkylation sites (N-methyl/N-ethyl adjacent to an activating group) is 1. The number of aromatic nitrogens is 1. The van der Waals surface area contributed by atoms with Crippen LogP contribution in [-0.4, -0.2) is 42.0 Å². The first-order chi connectivity index (χ1) is 11.5. The van der Waals surface area contributed by atoms with E-state index in [9.17, 15) is 4.79 Å². The van der Waals surface area contributed by atoms with Crippen molar-refractivity contribution in [3.05, 3.63) is 52.6 Å². The van der Waals surface area contributed by atoms with Crippen molar-refractivity contribution in [3.63, 3.8) is 0 Å². The van der Waals surface area contributed by atoms with Gasteiger partial charge in [0.25, 0.3) is 0 Å². The van der Waals surface area contributed by atoms with Gasteiger partial charge in [-0.05, 0) is 38.2 Å². The lowest BCUT2D eigenvalue weighted by Gasteiger charge is -2.23. The number of benzene rings is 1. The summed E-state index contributed by atoms with van der Waals surface area (Å²) in [4.78, 5) is 18.2. The molecular formula is C17H19Cl2N3O2. The zero-order valence-corrected chi connectivity index (χ0v) is 15.0. The molecule has 1 aromatic heterocycles. The van der Waals surface area contributed by atoms with E-state index in [1.54, 1.807) is 18.2 Å². The van der Waals surface area contributed by atoms with Gasteiger partial charge >= 0.3 is 0 Å². The Kier molecular flexibility index (Phi) is 6.85. The van der Waals surface area contributed by atoms with Crippen molar-refractivity contribution < 1.29 is 9.53 Å². The Morgan fingerprint density at radius 1 is 1.29 bits per heavy atom. The van der Waals surface area contributed by atoms with Crippen LogP contribution in [0.15, 0.2) is 42.6 Å². The highest BCUT2D eigenvalue weighted by atomic mass is 35.5. The van der Waals surface area contributed by atoms with E-state index in [0.29, 0.717) is 34.8 Å². The molecule has 1 atom stereocenters. The molecule has 0 saturated heterocycles. The van der Waals surface area contributed by atoms with Crippen LogP contribution in [0.2, 0.25) is 10.0 Å². The van der Waals surface area contributed by atoms with Gasteiger partial charge in [-0.1, -0.05) is 35.3 Å². The minimum atomic E-state index is -0.336. The molecule has 128 valence electrons. The Morgan fingerprint density at radius 2 is 2.04 bits per heavy atom. The van der Waals surface area contributed by atoms with Crippen molar-refractivity contribution in [2.45, 2.75) is 13.0 Å². The third-order valence-electron chi connectivity index (χ3n) is 3.56. The van der Waals surface area contributed by atoms with E-state index in [2.05, 4.69) is 10.3 Å². The van der Waals surface area contributed by atoms with E-state index in [0.717, 1.165) is 0 Å². The molecule has 0 aliphatic carbocycles. The van der Waals surface area contributed by atoms with Gasteiger partial charge < -0.3 is 10.1 Å². The summed E-state index contributed by atoms with van der Waals surface area (Å²) in [5, 5.41) is 3.85. The summed E-state index contributed by atoms with van der Waals surface area (Å²) in [7, 11) is 1.86. The van der Waals surface area contributed by atoms with Crippen LogP contribution in [0, 0.1) is 0 Å². The fraction of sp³-hybridized carbons (Fsp3) is 0.294. The van der Waals surface area contributed by atoms with Crippen molar-refractivity contribution >= 4 is 34.9 Å². The zero-order valence-electron chi connectivity index (χ0n) is 13.5. The smallest absolute Gasteiger partial charge is 0.242 e. The van der Waals surface area contributed by atoms with E-state index in [4.69, 9.17) is 27.9 Å². The number of amides is 1. The lowest BCUT2D eigenvalue weighted by molar-refractivity contribution is -0.120. The van der Waals surface area contributed by atoms with Gasteiger partial charge in [-0.2, -0.15) is 0 Å². The van der Waals surface area contributed by atoms with Crippen molar-refractivity contribution in [1.82, 2.24) is 9.88 Å². The van der Waals surface area contributed by atoms with Gasteiger partial charge in [-0.25, -0.2) is 4.98 Å².